The molecule has 0 aromatic heterocycles. The molecule has 1 atom stereocenters. The van der Waals surface area contributed by atoms with Gasteiger partial charge in [-0.2, -0.15) is 0 Å². The third-order valence-corrected chi connectivity index (χ3v) is 4.04. The van der Waals surface area contributed by atoms with Gasteiger partial charge in [-0.3, -0.25) is 9.59 Å². The molecule has 1 unspecified atom stereocenters. The minimum atomic E-state index is -0.394. The van der Waals surface area contributed by atoms with Gasteiger partial charge in [0.15, 0.2) is 0 Å². The predicted molar refractivity (Wildman–Crippen MR) is 88.3 cm³/mol. The van der Waals surface area contributed by atoms with Gasteiger partial charge in [0, 0.05) is 19.5 Å². The third-order valence-electron chi connectivity index (χ3n) is 4.04. The van der Waals surface area contributed by atoms with Gasteiger partial charge in [0.25, 0.3) is 0 Å². The molecule has 0 spiro atoms. The van der Waals surface area contributed by atoms with Crippen molar-refractivity contribution in [3.8, 4) is 0 Å². The van der Waals surface area contributed by atoms with Gasteiger partial charge in [0.1, 0.15) is 6.04 Å². The standard InChI is InChI=1S/C19H20N2O2/c22-18-12-11-17(20-18)19(23)21(13-15-7-3-1-4-8-15)14-16-9-5-2-6-10-16/h1-10,17H,11-14H2,(H,20,22). The molecule has 1 heterocycles. The van der Waals surface area contributed by atoms with Crippen LogP contribution in [0.3, 0.4) is 0 Å². The molecule has 1 N–H and O–H groups in total. The topological polar surface area (TPSA) is 49.4 Å². The maximum Gasteiger partial charge on any atom is 0.245 e. The quantitative estimate of drug-likeness (QED) is 0.922. The van der Waals surface area contributed by atoms with E-state index >= 15 is 0 Å². The van der Waals surface area contributed by atoms with E-state index in [1.165, 1.54) is 0 Å². The molecule has 118 valence electrons. The van der Waals surface area contributed by atoms with Crippen LogP contribution in [0.1, 0.15) is 24.0 Å². The molecule has 1 aliphatic rings. The molecule has 2 aromatic carbocycles. The SMILES string of the molecule is O=C1CCC(C(=O)N(Cc2ccccc2)Cc2ccccc2)N1. The Bertz CT molecular complexity index is 629. The van der Waals surface area contributed by atoms with E-state index < -0.39 is 6.04 Å². The minimum Gasteiger partial charge on any atom is -0.344 e. The van der Waals surface area contributed by atoms with Crippen LogP contribution >= 0.6 is 0 Å². The summed E-state index contributed by atoms with van der Waals surface area (Å²) in [7, 11) is 0. The van der Waals surface area contributed by atoms with Crippen molar-refractivity contribution in [3.63, 3.8) is 0 Å². The molecular weight excluding hydrogens is 288 g/mol. The van der Waals surface area contributed by atoms with Gasteiger partial charge in [0.05, 0.1) is 0 Å². The summed E-state index contributed by atoms with van der Waals surface area (Å²) in [5.41, 5.74) is 2.17. The van der Waals surface area contributed by atoms with Crippen LogP contribution in [-0.2, 0) is 22.7 Å². The molecule has 1 saturated heterocycles. The molecular formula is C19H20N2O2. The van der Waals surface area contributed by atoms with Crippen LogP contribution in [0.4, 0.5) is 0 Å². The molecule has 3 rings (SSSR count). The lowest BCUT2D eigenvalue weighted by Gasteiger charge is -2.26. The van der Waals surface area contributed by atoms with Crippen LogP contribution in [0.25, 0.3) is 0 Å². The normalized spacial score (nSPS) is 16.9. The number of benzene rings is 2. The molecule has 2 amide bonds. The van der Waals surface area contributed by atoms with Gasteiger partial charge in [-0.25, -0.2) is 0 Å². The molecule has 23 heavy (non-hydrogen) atoms. The summed E-state index contributed by atoms with van der Waals surface area (Å²) < 4.78 is 0. The lowest BCUT2D eigenvalue weighted by atomic mass is 10.1. The average molecular weight is 308 g/mol. The van der Waals surface area contributed by atoms with E-state index in [9.17, 15) is 9.59 Å². The number of amides is 2. The van der Waals surface area contributed by atoms with Crippen molar-refractivity contribution in [1.82, 2.24) is 10.2 Å². The Kier molecular flexibility index (Phi) is 4.71. The largest absolute Gasteiger partial charge is 0.344 e. The maximum absolute atomic E-state index is 12.8. The summed E-state index contributed by atoms with van der Waals surface area (Å²) in [6.45, 7) is 1.09. The first-order chi connectivity index (χ1) is 11.2. The Labute approximate surface area is 136 Å². The van der Waals surface area contributed by atoms with Crippen LogP contribution in [0, 0.1) is 0 Å². The van der Waals surface area contributed by atoms with Crippen LogP contribution in [-0.4, -0.2) is 22.8 Å². The Morgan fingerprint density at radius 2 is 1.48 bits per heavy atom. The highest BCUT2D eigenvalue weighted by molar-refractivity contribution is 5.90. The molecule has 0 saturated carbocycles. The van der Waals surface area contributed by atoms with E-state index in [0.717, 1.165) is 11.1 Å². The fourth-order valence-corrected chi connectivity index (χ4v) is 2.84. The average Bonchev–Trinajstić information content (AvgIpc) is 3.02. The maximum atomic E-state index is 12.8. The fourth-order valence-electron chi connectivity index (χ4n) is 2.84. The summed E-state index contributed by atoms with van der Waals surface area (Å²) >= 11 is 0. The zero-order chi connectivity index (χ0) is 16.1. The van der Waals surface area contributed by atoms with Gasteiger partial charge in [0.2, 0.25) is 11.8 Å². The predicted octanol–water partition coefficient (Wildman–Crippen LogP) is 2.49. The van der Waals surface area contributed by atoms with Crippen LogP contribution in [0.2, 0.25) is 0 Å². The molecule has 0 bridgehead atoms. The second-order valence-corrected chi connectivity index (χ2v) is 5.82. The van der Waals surface area contributed by atoms with Crippen LogP contribution in [0.15, 0.2) is 60.7 Å². The lowest BCUT2D eigenvalue weighted by Crippen LogP contribution is -2.43. The Balaban J connectivity index is 1.77. The summed E-state index contributed by atoms with van der Waals surface area (Å²) in [5, 5.41) is 2.78. The van der Waals surface area contributed by atoms with Crippen molar-refractivity contribution in [2.24, 2.45) is 0 Å². The van der Waals surface area contributed by atoms with Crippen molar-refractivity contribution in [2.45, 2.75) is 32.0 Å². The number of hydrogen-bond acceptors (Lipinski definition) is 2. The summed E-state index contributed by atoms with van der Waals surface area (Å²) in [4.78, 5) is 26.0. The number of rotatable bonds is 5. The third kappa shape index (κ3) is 3.97. The molecule has 0 aliphatic carbocycles. The number of carbonyl (C=O) groups is 2. The lowest BCUT2D eigenvalue weighted by molar-refractivity contribution is -0.135. The van der Waals surface area contributed by atoms with E-state index in [-0.39, 0.29) is 11.8 Å². The van der Waals surface area contributed by atoms with E-state index in [0.29, 0.717) is 25.9 Å². The smallest absolute Gasteiger partial charge is 0.245 e. The molecule has 1 fully saturated rings. The zero-order valence-corrected chi connectivity index (χ0v) is 12.9. The monoisotopic (exact) mass is 308 g/mol. The number of nitrogens with zero attached hydrogens (tertiary/aromatic N) is 1. The number of hydrogen-bond donors (Lipinski definition) is 1. The molecule has 4 nitrogen and oxygen atoms in total. The second kappa shape index (κ2) is 7.09. The number of carbonyl (C=O) groups excluding carboxylic acids is 2. The Morgan fingerprint density at radius 3 is 1.91 bits per heavy atom. The van der Waals surface area contributed by atoms with Gasteiger partial charge < -0.3 is 10.2 Å². The van der Waals surface area contributed by atoms with Crippen molar-refractivity contribution in [1.29, 1.82) is 0 Å². The van der Waals surface area contributed by atoms with Crippen LogP contribution in [0.5, 0.6) is 0 Å². The van der Waals surface area contributed by atoms with Gasteiger partial charge in [-0.1, -0.05) is 60.7 Å². The molecule has 4 heteroatoms. The summed E-state index contributed by atoms with van der Waals surface area (Å²) in [6.07, 6.45) is 1.01. The second-order valence-electron chi connectivity index (χ2n) is 5.82. The highest BCUT2D eigenvalue weighted by Gasteiger charge is 2.30. The van der Waals surface area contributed by atoms with Crippen LogP contribution < -0.4 is 5.32 Å². The molecule has 1 aliphatic heterocycles. The first-order valence-corrected chi connectivity index (χ1v) is 7.88. The first kappa shape index (κ1) is 15.3. The molecule has 2 aromatic rings. The van der Waals surface area contributed by atoms with Crippen molar-refractivity contribution < 1.29 is 9.59 Å². The van der Waals surface area contributed by atoms with E-state index in [2.05, 4.69) is 5.32 Å². The van der Waals surface area contributed by atoms with E-state index in [1.807, 2.05) is 65.6 Å². The fraction of sp³-hybridized carbons (Fsp3) is 0.263. The number of nitrogens with one attached hydrogen (secondary N) is 1. The highest BCUT2D eigenvalue weighted by Crippen LogP contribution is 2.15. The molecule has 0 radical (unpaired) electrons. The minimum absolute atomic E-state index is 0.0106. The van der Waals surface area contributed by atoms with Crippen molar-refractivity contribution >= 4 is 11.8 Å². The van der Waals surface area contributed by atoms with E-state index in [1.54, 1.807) is 0 Å². The Morgan fingerprint density at radius 1 is 0.957 bits per heavy atom. The Hall–Kier alpha value is -2.62. The van der Waals surface area contributed by atoms with Gasteiger partial charge in [-0.15, -0.1) is 0 Å². The summed E-state index contributed by atoms with van der Waals surface area (Å²) in [6, 6.07) is 19.5. The first-order valence-electron chi connectivity index (χ1n) is 7.88. The highest BCUT2D eigenvalue weighted by atomic mass is 16.2. The van der Waals surface area contributed by atoms with Crippen molar-refractivity contribution in [2.75, 3.05) is 0 Å². The zero-order valence-electron chi connectivity index (χ0n) is 12.9. The summed E-state index contributed by atoms with van der Waals surface area (Å²) in [5.74, 6) is -0.0497. The van der Waals surface area contributed by atoms with Gasteiger partial charge >= 0.3 is 0 Å². The van der Waals surface area contributed by atoms with E-state index in [4.69, 9.17) is 0 Å². The van der Waals surface area contributed by atoms with Gasteiger partial charge in [-0.05, 0) is 17.5 Å². The van der Waals surface area contributed by atoms with Crippen molar-refractivity contribution in [3.05, 3.63) is 71.8 Å².